The maximum atomic E-state index is 10.4. The highest BCUT2D eigenvalue weighted by atomic mass is 16.4. The molecule has 15 heavy (non-hydrogen) atoms. The molecule has 5 N–H and O–H groups in total. The van der Waals surface area contributed by atoms with E-state index in [1.165, 1.54) is 0 Å². The molecule has 8 heteroatoms. The average Bonchev–Trinajstić information content (AvgIpc) is 2.08. The lowest BCUT2D eigenvalue weighted by Gasteiger charge is -2.09. The molecule has 0 heterocycles. The van der Waals surface area contributed by atoms with Crippen molar-refractivity contribution in [3.8, 4) is 0 Å². The van der Waals surface area contributed by atoms with Crippen molar-refractivity contribution in [2.24, 2.45) is 0 Å². The van der Waals surface area contributed by atoms with Crippen LogP contribution in [0.5, 0.6) is 0 Å². The molecule has 0 rings (SSSR count). The Kier molecular flexibility index (Phi) is 5.99. The van der Waals surface area contributed by atoms with Gasteiger partial charge in [0.05, 0.1) is 6.54 Å². The van der Waals surface area contributed by atoms with Crippen molar-refractivity contribution >= 4 is 17.9 Å². The standard InChI is InChI=1S/C7H12N2O6/c10-4(11)3-8-1-2-9-5(6(12)13)7(14)15/h5,8-9H,1-3H2,(H,10,11)(H,12,13)(H,14,15). The summed E-state index contributed by atoms with van der Waals surface area (Å²) in [5, 5.41) is 29.8. The zero-order valence-corrected chi connectivity index (χ0v) is 7.77. The molecule has 0 saturated heterocycles. The van der Waals surface area contributed by atoms with Crippen LogP contribution in [-0.4, -0.2) is 58.9 Å². The molecule has 86 valence electrons. The van der Waals surface area contributed by atoms with Crippen molar-refractivity contribution in [2.45, 2.75) is 6.04 Å². The van der Waals surface area contributed by atoms with Crippen molar-refractivity contribution in [1.82, 2.24) is 10.6 Å². The number of carboxylic acids is 3. The monoisotopic (exact) mass is 220 g/mol. The lowest BCUT2D eigenvalue weighted by atomic mass is 10.3. The Morgan fingerprint density at radius 2 is 1.53 bits per heavy atom. The van der Waals surface area contributed by atoms with Gasteiger partial charge in [0.15, 0.2) is 0 Å². The molecule has 0 atom stereocenters. The van der Waals surface area contributed by atoms with E-state index in [0.29, 0.717) is 0 Å². The van der Waals surface area contributed by atoms with Crippen LogP contribution in [0.4, 0.5) is 0 Å². The summed E-state index contributed by atoms with van der Waals surface area (Å²) in [5.41, 5.74) is 0. The molecule has 0 aromatic heterocycles. The van der Waals surface area contributed by atoms with Gasteiger partial charge in [-0.05, 0) is 0 Å². The highest BCUT2D eigenvalue weighted by molar-refractivity contribution is 5.97. The van der Waals surface area contributed by atoms with Crippen LogP contribution in [0.25, 0.3) is 0 Å². The van der Waals surface area contributed by atoms with E-state index in [1.807, 2.05) is 0 Å². The van der Waals surface area contributed by atoms with Crippen LogP contribution in [0, 0.1) is 0 Å². The lowest BCUT2D eigenvalue weighted by molar-refractivity contribution is -0.151. The van der Waals surface area contributed by atoms with Crippen LogP contribution in [0.3, 0.4) is 0 Å². The van der Waals surface area contributed by atoms with E-state index < -0.39 is 23.9 Å². The van der Waals surface area contributed by atoms with Gasteiger partial charge in [-0.1, -0.05) is 0 Å². The van der Waals surface area contributed by atoms with Crippen LogP contribution in [0.1, 0.15) is 0 Å². The third-order valence-electron chi connectivity index (χ3n) is 1.42. The van der Waals surface area contributed by atoms with Gasteiger partial charge in [0.1, 0.15) is 0 Å². The van der Waals surface area contributed by atoms with Gasteiger partial charge in [0, 0.05) is 13.1 Å². The molecule has 0 spiro atoms. The average molecular weight is 220 g/mol. The number of nitrogens with one attached hydrogen (secondary N) is 2. The maximum Gasteiger partial charge on any atom is 0.332 e. The highest BCUT2D eigenvalue weighted by Crippen LogP contribution is 1.82. The smallest absolute Gasteiger partial charge is 0.332 e. The van der Waals surface area contributed by atoms with Crippen molar-refractivity contribution in [2.75, 3.05) is 19.6 Å². The molecule has 0 aliphatic carbocycles. The summed E-state index contributed by atoms with van der Waals surface area (Å²) in [7, 11) is 0. The number of aliphatic carboxylic acids is 3. The molecular weight excluding hydrogens is 208 g/mol. The predicted molar refractivity (Wildman–Crippen MR) is 47.6 cm³/mol. The fourth-order valence-electron chi connectivity index (χ4n) is 0.780. The minimum atomic E-state index is -1.67. The molecule has 0 amide bonds. The lowest BCUT2D eigenvalue weighted by Crippen LogP contribution is -2.46. The molecule has 8 nitrogen and oxygen atoms in total. The molecule has 0 aliphatic rings. The first-order valence-corrected chi connectivity index (χ1v) is 4.06. The molecule has 0 fully saturated rings. The summed E-state index contributed by atoms with van der Waals surface area (Å²) in [5.74, 6) is -4.01. The van der Waals surface area contributed by atoms with E-state index in [4.69, 9.17) is 15.3 Å². The van der Waals surface area contributed by atoms with Gasteiger partial charge < -0.3 is 20.6 Å². The summed E-state index contributed by atoms with van der Waals surface area (Å²) in [6, 6.07) is -1.67. The number of carboxylic acid groups (broad SMARTS) is 3. The molecule has 0 saturated carbocycles. The molecule has 0 bridgehead atoms. The van der Waals surface area contributed by atoms with Gasteiger partial charge in [0.25, 0.3) is 0 Å². The summed E-state index contributed by atoms with van der Waals surface area (Å²) >= 11 is 0. The molecule has 0 unspecified atom stereocenters. The van der Waals surface area contributed by atoms with Crippen LogP contribution in [0.2, 0.25) is 0 Å². The van der Waals surface area contributed by atoms with Gasteiger partial charge in [-0.15, -0.1) is 0 Å². The van der Waals surface area contributed by atoms with E-state index in [0.717, 1.165) is 0 Å². The van der Waals surface area contributed by atoms with E-state index in [-0.39, 0.29) is 19.6 Å². The minimum absolute atomic E-state index is 0.0521. The van der Waals surface area contributed by atoms with Crippen LogP contribution >= 0.6 is 0 Å². The van der Waals surface area contributed by atoms with Crippen molar-refractivity contribution in [3.63, 3.8) is 0 Å². The van der Waals surface area contributed by atoms with Gasteiger partial charge in [-0.3, -0.25) is 10.1 Å². The Labute approximate surface area is 84.9 Å². The summed E-state index contributed by atoms with van der Waals surface area (Å²) < 4.78 is 0. The quantitative estimate of drug-likeness (QED) is 0.229. The first-order chi connectivity index (χ1) is 6.95. The summed E-state index contributed by atoms with van der Waals surface area (Å²) in [4.78, 5) is 30.8. The van der Waals surface area contributed by atoms with E-state index in [9.17, 15) is 14.4 Å². The Bertz CT molecular complexity index is 240. The summed E-state index contributed by atoms with van der Waals surface area (Å²) in [6.07, 6.45) is 0. The Morgan fingerprint density at radius 1 is 1.00 bits per heavy atom. The van der Waals surface area contributed by atoms with Gasteiger partial charge >= 0.3 is 17.9 Å². The second-order valence-corrected chi connectivity index (χ2v) is 2.63. The van der Waals surface area contributed by atoms with Crippen molar-refractivity contribution in [1.29, 1.82) is 0 Å². The number of hydrogen-bond donors (Lipinski definition) is 5. The number of hydrogen-bond acceptors (Lipinski definition) is 5. The molecule has 0 aromatic carbocycles. The van der Waals surface area contributed by atoms with Crippen molar-refractivity contribution < 1.29 is 29.7 Å². The third-order valence-corrected chi connectivity index (χ3v) is 1.42. The van der Waals surface area contributed by atoms with Crippen LogP contribution in [-0.2, 0) is 14.4 Å². The molecule has 0 aromatic rings. The predicted octanol–water partition coefficient (Wildman–Crippen LogP) is -2.21. The van der Waals surface area contributed by atoms with E-state index in [1.54, 1.807) is 0 Å². The SMILES string of the molecule is O=C(O)CNCCNC(C(=O)O)C(=O)O. The second kappa shape index (κ2) is 6.74. The van der Waals surface area contributed by atoms with Crippen molar-refractivity contribution in [3.05, 3.63) is 0 Å². The van der Waals surface area contributed by atoms with E-state index >= 15 is 0 Å². The molecular formula is C7H12N2O6. The normalized spacial score (nSPS) is 10.2. The first kappa shape index (κ1) is 13.3. The second-order valence-electron chi connectivity index (χ2n) is 2.63. The Balaban J connectivity index is 3.68. The van der Waals surface area contributed by atoms with Gasteiger partial charge in [0.2, 0.25) is 6.04 Å². The van der Waals surface area contributed by atoms with Gasteiger partial charge in [-0.2, -0.15) is 0 Å². The van der Waals surface area contributed by atoms with E-state index in [2.05, 4.69) is 10.6 Å². The van der Waals surface area contributed by atoms with Crippen LogP contribution in [0.15, 0.2) is 0 Å². The fraction of sp³-hybridized carbons (Fsp3) is 0.571. The number of carbonyl (C=O) groups is 3. The summed E-state index contributed by atoms with van der Waals surface area (Å²) in [6.45, 7) is -0.0353. The Morgan fingerprint density at radius 3 is 1.93 bits per heavy atom. The topological polar surface area (TPSA) is 136 Å². The fourth-order valence-corrected chi connectivity index (χ4v) is 0.780. The molecule has 0 radical (unpaired) electrons. The first-order valence-electron chi connectivity index (χ1n) is 4.06. The maximum absolute atomic E-state index is 10.4. The third kappa shape index (κ3) is 6.41. The Hall–Kier alpha value is -1.67. The molecule has 0 aliphatic heterocycles. The minimum Gasteiger partial charge on any atom is -0.480 e. The number of rotatable bonds is 8. The highest BCUT2D eigenvalue weighted by Gasteiger charge is 2.24. The largest absolute Gasteiger partial charge is 0.480 e. The van der Waals surface area contributed by atoms with Crippen LogP contribution < -0.4 is 10.6 Å². The zero-order valence-electron chi connectivity index (χ0n) is 7.77. The zero-order chi connectivity index (χ0) is 11.8. The van der Waals surface area contributed by atoms with Gasteiger partial charge in [-0.25, -0.2) is 9.59 Å².